The smallest absolute Gasteiger partial charge is 0.408 e. The lowest BCUT2D eigenvalue weighted by Gasteiger charge is -2.31. The number of aromatic nitrogens is 3. The van der Waals surface area contributed by atoms with Crippen LogP contribution in [-0.2, 0) is 6.54 Å². The lowest BCUT2D eigenvalue weighted by Crippen LogP contribution is -2.37. The lowest BCUT2D eigenvalue weighted by molar-refractivity contribution is 0.198. The number of hydrogen-bond donors (Lipinski definition) is 1. The molecule has 1 aliphatic heterocycles. The maximum atomic E-state index is 12.1. The van der Waals surface area contributed by atoms with Gasteiger partial charge >= 0.3 is 5.76 Å². The second kappa shape index (κ2) is 6.28. The number of H-pyrrole nitrogens is 1. The van der Waals surface area contributed by atoms with Gasteiger partial charge in [-0.15, -0.1) is 0 Å². The van der Waals surface area contributed by atoms with E-state index < -0.39 is 0 Å². The van der Waals surface area contributed by atoms with E-state index in [0.717, 1.165) is 43.0 Å². The van der Waals surface area contributed by atoms with Gasteiger partial charge in [0.25, 0.3) is 0 Å². The molecule has 0 bridgehead atoms. The molecule has 0 saturated carbocycles. The SMILES string of the molecule is Cc1cc([C@@H]2CCCN(CCn3c(=O)oc4ccccc43)C2)n[nH]1. The molecule has 0 radical (unpaired) electrons. The highest BCUT2D eigenvalue weighted by atomic mass is 16.4. The standard InChI is InChI=1S/C18H22N4O2/c1-13-11-15(20-19-13)14-5-4-8-21(12-14)9-10-22-16-6-2-3-7-17(16)24-18(22)23/h2-3,6-7,11,14H,4-5,8-10,12H2,1H3,(H,19,20)/t14-/m1/s1. The zero-order valence-corrected chi connectivity index (χ0v) is 13.9. The summed E-state index contributed by atoms with van der Waals surface area (Å²) in [6.45, 7) is 5.61. The Kier molecular flexibility index (Phi) is 3.98. The third-order valence-electron chi connectivity index (χ3n) is 4.86. The van der Waals surface area contributed by atoms with E-state index in [-0.39, 0.29) is 5.76 Å². The topological polar surface area (TPSA) is 67.1 Å². The minimum absolute atomic E-state index is 0.271. The predicted octanol–water partition coefficient (Wildman–Crippen LogP) is 2.51. The molecule has 0 unspecified atom stereocenters. The van der Waals surface area contributed by atoms with Crippen LogP contribution >= 0.6 is 0 Å². The van der Waals surface area contributed by atoms with Crippen LogP contribution in [0.4, 0.5) is 0 Å². The molecule has 6 nitrogen and oxygen atoms in total. The van der Waals surface area contributed by atoms with Crippen molar-refractivity contribution in [2.45, 2.75) is 32.2 Å². The molecule has 0 aliphatic carbocycles. The zero-order valence-electron chi connectivity index (χ0n) is 13.9. The van der Waals surface area contributed by atoms with Gasteiger partial charge in [0.15, 0.2) is 5.58 Å². The molecular weight excluding hydrogens is 304 g/mol. The highest BCUT2D eigenvalue weighted by Gasteiger charge is 2.23. The first-order valence-electron chi connectivity index (χ1n) is 8.53. The van der Waals surface area contributed by atoms with E-state index in [1.54, 1.807) is 4.57 Å². The Bertz CT molecular complexity index is 892. The van der Waals surface area contributed by atoms with Crippen molar-refractivity contribution in [3.8, 4) is 0 Å². The van der Waals surface area contributed by atoms with Crippen LogP contribution in [0.15, 0.2) is 39.5 Å². The number of fused-ring (bicyclic) bond motifs is 1. The van der Waals surface area contributed by atoms with Crippen LogP contribution in [0.1, 0.15) is 30.1 Å². The van der Waals surface area contributed by atoms with Crippen molar-refractivity contribution in [3.63, 3.8) is 0 Å². The molecule has 1 N–H and O–H groups in total. The first-order chi connectivity index (χ1) is 11.7. The monoisotopic (exact) mass is 326 g/mol. The summed E-state index contributed by atoms with van der Waals surface area (Å²) in [7, 11) is 0. The second-order valence-electron chi connectivity index (χ2n) is 6.60. The van der Waals surface area contributed by atoms with E-state index in [9.17, 15) is 4.79 Å². The molecule has 6 heteroatoms. The molecule has 2 aromatic heterocycles. The van der Waals surface area contributed by atoms with E-state index in [4.69, 9.17) is 4.42 Å². The molecule has 1 aliphatic rings. The van der Waals surface area contributed by atoms with Crippen molar-refractivity contribution in [3.05, 3.63) is 52.3 Å². The second-order valence-corrected chi connectivity index (χ2v) is 6.60. The van der Waals surface area contributed by atoms with Gasteiger partial charge < -0.3 is 9.32 Å². The minimum Gasteiger partial charge on any atom is -0.408 e. The number of aryl methyl sites for hydroxylation is 1. The number of oxazole rings is 1. The maximum absolute atomic E-state index is 12.1. The van der Waals surface area contributed by atoms with Gasteiger partial charge in [0, 0.05) is 31.2 Å². The number of piperidine rings is 1. The number of para-hydroxylation sites is 2. The number of nitrogens with one attached hydrogen (secondary N) is 1. The van der Waals surface area contributed by atoms with E-state index >= 15 is 0 Å². The first-order valence-corrected chi connectivity index (χ1v) is 8.53. The minimum atomic E-state index is -0.271. The highest BCUT2D eigenvalue weighted by Crippen LogP contribution is 2.25. The van der Waals surface area contributed by atoms with Crippen molar-refractivity contribution < 1.29 is 4.42 Å². The van der Waals surface area contributed by atoms with Crippen LogP contribution in [0, 0.1) is 6.92 Å². The largest absolute Gasteiger partial charge is 0.419 e. The summed E-state index contributed by atoms with van der Waals surface area (Å²) >= 11 is 0. The fourth-order valence-electron chi connectivity index (χ4n) is 3.62. The van der Waals surface area contributed by atoms with Crippen LogP contribution in [0.3, 0.4) is 0 Å². The third kappa shape index (κ3) is 2.89. The predicted molar refractivity (Wildman–Crippen MR) is 92.2 cm³/mol. The Hall–Kier alpha value is -2.34. The summed E-state index contributed by atoms with van der Waals surface area (Å²) in [5.74, 6) is 0.203. The molecule has 0 amide bonds. The number of benzene rings is 1. The molecule has 4 rings (SSSR count). The number of rotatable bonds is 4. The molecule has 126 valence electrons. The number of aromatic amines is 1. The van der Waals surface area contributed by atoms with Crippen LogP contribution in [0.25, 0.3) is 11.1 Å². The van der Waals surface area contributed by atoms with Gasteiger partial charge in [0.1, 0.15) is 0 Å². The molecule has 0 spiro atoms. The summed E-state index contributed by atoms with van der Waals surface area (Å²) < 4.78 is 7.04. The van der Waals surface area contributed by atoms with Crippen LogP contribution in [-0.4, -0.2) is 39.3 Å². The lowest BCUT2D eigenvalue weighted by atomic mass is 9.95. The molecule has 1 atom stereocenters. The average Bonchev–Trinajstić information content (AvgIpc) is 3.16. The van der Waals surface area contributed by atoms with Crippen LogP contribution < -0.4 is 5.76 Å². The zero-order chi connectivity index (χ0) is 16.5. The number of hydrogen-bond acceptors (Lipinski definition) is 4. The van der Waals surface area contributed by atoms with Crippen LogP contribution in [0.2, 0.25) is 0 Å². The Morgan fingerprint density at radius 3 is 3.04 bits per heavy atom. The summed E-state index contributed by atoms with van der Waals surface area (Å²) in [4.78, 5) is 14.5. The van der Waals surface area contributed by atoms with Gasteiger partial charge in [0.05, 0.1) is 11.2 Å². The van der Waals surface area contributed by atoms with Crippen molar-refractivity contribution in [2.24, 2.45) is 0 Å². The van der Waals surface area contributed by atoms with Gasteiger partial charge in [0.2, 0.25) is 0 Å². The molecule has 3 heterocycles. The van der Waals surface area contributed by atoms with Gasteiger partial charge in [-0.05, 0) is 44.5 Å². The summed E-state index contributed by atoms with van der Waals surface area (Å²) in [6, 6.07) is 9.74. The normalized spacial score (nSPS) is 19.1. The van der Waals surface area contributed by atoms with Gasteiger partial charge in [-0.1, -0.05) is 12.1 Å². The third-order valence-corrected chi connectivity index (χ3v) is 4.86. The molecule has 1 fully saturated rings. The summed E-state index contributed by atoms with van der Waals surface area (Å²) in [5, 5.41) is 7.45. The van der Waals surface area contributed by atoms with E-state index in [2.05, 4.69) is 21.2 Å². The molecule has 24 heavy (non-hydrogen) atoms. The summed E-state index contributed by atoms with van der Waals surface area (Å²) in [6.07, 6.45) is 2.34. The molecule has 3 aromatic rings. The molecule has 1 aromatic carbocycles. The quantitative estimate of drug-likeness (QED) is 0.800. The summed E-state index contributed by atoms with van der Waals surface area (Å²) in [5.41, 5.74) is 3.80. The maximum Gasteiger partial charge on any atom is 0.419 e. The van der Waals surface area contributed by atoms with Crippen LogP contribution in [0.5, 0.6) is 0 Å². The average molecular weight is 326 g/mol. The Morgan fingerprint density at radius 1 is 1.33 bits per heavy atom. The Balaban J connectivity index is 1.45. The van der Waals surface area contributed by atoms with Gasteiger partial charge in [-0.2, -0.15) is 5.10 Å². The highest BCUT2D eigenvalue weighted by molar-refractivity contribution is 5.72. The first kappa shape index (κ1) is 15.2. The Labute approximate surface area is 140 Å². The van der Waals surface area contributed by atoms with Gasteiger partial charge in [-0.3, -0.25) is 9.67 Å². The van der Waals surface area contributed by atoms with E-state index in [1.807, 2.05) is 31.2 Å². The van der Waals surface area contributed by atoms with Gasteiger partial charge in [-0.25, -0.2) is 4.79 Å². The van der Waals surface area contributed by atoms with Crippen molar-refractivity contribution in [2.75, 3.05) is 19.6 Å². The Morgan fingerprint density at radius 2 is 2.21 bits per heavy atom. The number of nitrogens with zero attached hydrogens (tertiary/aromatic N) is 3. The van der Waals surface area contributed by atoms with Crippen molar-refractivity contribution in [1.82, 2.24) is 19.7 Å². The fraction of sp³-hybridized carbons (Fsp3) is 0.444. The van der Waals surface area contributed by atoms with E-state index in [1.165, 1.54) is 6.42 Å². The number of likely N-dealkylation sites (tertiary alicyclic amines) is 1. The fourth-order valence-corrected chi connectivity index (χ4v) is 3.62. The van der Waals surface area contributed by atoms with Crippen molar-refractivity contribution >= 4 is 11.1 Å². The molecular formula is C18H22N4O2. The van der Waals surface area contributed by atoms with Crippen molar-refractivity contribution in [1.29, 1.82) is 0 Å². The molecule has 1 saturated heterocycles. The van der Waals surface area contributed by atoms with E-state index in [0.29, 0.717) is 18.0 Å².